The first kappa shape index (κ1) is 9.78. The zero-order valence-electron chi connectivity index (χ0n) is 7.49. The number of rotatable bonds is 2. The number of hydrogen-bond donors (Lipinski definition) is 0. The van der Waals surface area contributed by atoms with Crippen molar-refractivity contribution < 1.29 is 0 Å². The monoisotopic (exact) mass is 181 g/mol. The Kier molecular flexibility index (Phi) is 3.25. The highest BCUT2D eigenvalue weighted by atomic mass is 14.3. The Bertz CT molecular complexity index is 455. The summed E-state index contributed by atoms with van der Waals surface area (Å²) < 4.78 is 0. The molecule has 14 heavy (non-hydrogen) atoms. The van der Waals surface area contributed by atoms with Gasteiger partial charge in [-0.05, 0) is 17.2 Å². The smallest absolute Gasteiger partial charge is 0.0994 e. The van der Waals surface area contributed by atoms with Crippen molar-refractivity contribution in [3.63, 3.8) is 0 Å². The van der Waals surface area contributed by atoms with E-state index in [1.807, 2.05) is 18.2 Å². The van der Waals surface area contributed by atoms with Crippen LogP contribution in [0.2, 0.25) is 0 Å². The fourth-order valence-corrected chi connectivity index (χ4v) is 1.17. The fourth-order valence-electron chi connectivity index (χ4n) is 1.17. The normalized spacial score (nSPS) is 8.36. The molecule has 1 rings (SSSR count). The summed E-state index contributed by atoms with van der Waals surface area (Å²) in [5.74, 6) is 0. The Hall–Kier alpha value is -2.31. The maximum atomic E-state index is 8.80. The molecule has 3 heteroatoms. The summed E-state index contributed by atoms with van der Waals surface area (Å²) in [4.78, 5) is 0. The van der Waals surface area contributed by atoms with Crippen LogP contribution in [0.25, 0.3) is 0 Å². The molecule has 1 aromatic rings. The van der Waals surface area contributed by atoms with Crippen molar-refractivity contribution in [3.8, 4) is 18.2 Å². The van der Waals surface area contributed by atoms with Crippen molar-refractivity contribution in [2.24, 2.45) is 0 Å². The predicted molar refractivity (Wildman–Crippen MR) is 49.8 cm³/mol. The van der Waals surface area contributed by atoms with Crippen molar-refractivity contribution in [1.29, 1.82) is 15.8 Å². The van der Waals surface area contributed by atoms with Crippen LogP contribution in [0.5, 0.6) is 0 Å². The van der Waals surface area contributed by atoms with Crippen LogP contribution < -0.4 is 0 Å². The Morgan fingerprint density at radius 1 is 1.00 bits per heavy atom. The third-order valence-electron chi connectivity index (χ3n) is 1.85. The maximum Gasteiger partial charge on any atom is 0.0994 e. The molecule has 0 fully saturated rings. The van der Waals surface area contributed by atoms with E-state index in [4.69, 9.17) is 15.8 Å². The van der Waals surface area contributed by atoms with Crippen LogP contribution in [-0.2, 0) is 12.8 Å². The Labute approximate surface area is 82.4 Å². The van der Waals surface area contributed by atoms with E-state index in [1.54, 1.807) is 18.2 Å². The van der Waals surface area contributed by atoms with Crippen LogP contribution in [0.3, 0.4) is 0 Å². The minimum absolute atomic E-state index is 0.232. The van der Waals surface area contributed by atoms with Crippen LogP contribution >= 0.6 is 0 Å². The first-order valence-electron chi connectivity index (χ1n) is 4.07. The molecule has 0 N–H and O–H groups in total. The first-order valence-corrected chi connectivity index (χ1v) is 4.07. The van der Waals surface area contributed by atoms with Gasteiger partial charge in [-0.2, -0.15) is 15.8 Å². The fraction of sp³-hybridized carbons (Fsp3) is 0.182. The highest BCUT2D eigenvalue weighted by Crippen LogP contribution is 2.12. The van der Waals surface area contributed by atoms with E-state index in [-0.39, 0.29) is 6.42 Å². The molecule has 1 aromatic carbocycles. The van der Waals surface area contributed by atoms with Crippen LogP contribution in [0.4, 0.5) is 0 Å². The summed E-state index contributed by atoms with van der Waals surface area (Å²) in [6.07, 6.45) is 0.525. The Morgan fingerprint density at radius 2 is 1.71 bits per heavy atom. The van der Waals surface area contributed by atoms with Crippen LogP contribution in [-0.4, -0.2) is 0 Å². The molecular weight excluding hydrogens is 174 g/mol. The third-order valence-corrected chi connectivity index (χ3v) is 1.85. The summed E-state index contributed by atoms with van der Waals surface area (Å²) in [5.41, 5.74) is 2.02. The second kappa shape index (κ2) is 4.65. The maximum absolute atomic E-state index is 8.80. The van der Waals surface area contributed by atoms with Gasteiger partial charge in [0.1, 0.15) is 0 Å². The van der Waals surface area contributed by atoms with E-state index in [9.17, 15) is 0 Å². The first-order chi connectivity index (χ1) is 6.81. The average molecular weight is 181 g/mol. The molecule has 0 saturated heterocycles. The molecule has 0 bridgehead atoms. The molecule has 0 heterocycles. The van der Waals surface area contributed by atoms with E-state index in [1.165, 1.54) is 0 Å². The van der Waals surface area contributed by atoms with Gasteiger partial charge < -0.3 is 0 Å². The molecule has 3 nitrogen and oxygen atoms in total. The van der Waals surface area contributed by atoms with Gasteiger partial charge in [0.25, 0.3) is 0 Å². The van der Waals surface area contributed by atoms with Crippen LogP contribution in [0, 0.1) is 34.0 Å². The minimum atomic E-state index is 0.232. The summed E-state index contributed by atoms with van der Waals surface area (Å²) in [7, 11) is 0. The second-order valence-corrected chi connectivity index (χ2v) is 2.77. The van der Waals surface area contributed by atoms with E-state index >= 15 is 0 Å². The summed E-state index contributed by atoms with van der Waals surface area (Å²) in [6.45, 7) is 0. The van der Waals surface area contributed by atoms with Crippen LogP contribution in [0.15, 0.2) is 18.2 Å². The van der Waals surface area contributed by atoms with E-state index < -0.39 is 0 Å². The Morgan fingerprint density at radius 3 is 2.29 bits per heavy atom. The SMILES string of the molecule is N#CCc1ccc(CC#N)c(C#N)c1. The highest BCUT2D eigenvalue weighted by Gasteiger charge is 2.02. The molecule has 0 aromatic heterocycles. The number of hydrogen-bond acceptors (Lipinski definition) is 3. The predicted octanol–water partition coefficient (Wildman–Crippen LogP) is 1.69. The molecule has 0 saturated carbocycles. The van der Waals surface area contributed by atoms with Gasteiger partial charge >= 0.3 is 0 Å². The average Bonchev–Trinajstić information content (AvgIpc) is 2.21. The summed E-state index contributed by atoms with van der Waals surface area (Å²) in [5, 5.41) is 25.8. The lowest BCUT2D eigenvalue weighted by Crippen LogP contribution is -1.91. The molecule has 0 amide bonds. The van der Waals surface area contributed by atoms with E-state index in [0.29, 0.717) is 12.0 Å². The molecule has 0 aliphatic carbocycles. The van der Waals surface area contributed by atoms with Crippen molar-refractivity contribution in [2.45, 2.75) is 12.8 Å². The van der Waals surface area contributed by atoms with Gasteiger partial charge in [0.15, 0.2) is 0 Å². The number of nitriles is 3. The molecule has 0 aliphatic rings. The largest absolute Gasteiger partial charge is 0.198 e. The lowest BCUT2D eigenvalue weighted by molar-refractivity contribution is 1.20. The molecule has 0 unspecified atom stereocenters. The molecular formula is C11H7N3. The van der Waals surface area contributed by atoms with Gasteiger partial charge in [-0.25, -0.2) is 0 Å². The summed E-state index contributed by atoms with van der Waals surface area (Å²) in [6, 6.07) is 11.2. The van der Waals surface area contributed by atoms with Gasteiger partial charge in [0.05, 0.1) is 36.6 Å². The molecule has 66 valence electrons. The third kappa shape index (κ3) is 2.09. The Balaban J connectivity index is 3.09. The zero-order valence-corrected chi connectivity index (χ0v) is 7.49. The van der Waals surface area contributed by atoms with E-state index in [2.05, 4.69) is 0 Å². The highest BCUT2D eigenvalue weighted by molar-refractivity contribution is 5.42. The van der Waals surface area contributed by atoms with Gasteiger partial charge in [-0.3, -0.25) is 0 Å². The van der Waals surface area contributed by atoms with Gasteiger partial charge in [0, 0.05) is 0 Å². The van der Waals surface area contributed by atoms with Crippen molar-refractivity contribution in [2.75, 3.05) is 0 Å². The van der Waals surface area contributed by atoms with Crippen molar-refractivity contribution >= 4 is 0 Å². The summed E-state index contributed by atoms with van der Waals surface area (Å²) >= 11 is 0. The number of benzene rings is 1. The van der Waals surface area contributed by atoms with Crippen LogP contribution in [0.1, 0.15) is 16.7 Å². The van der Waals surface area contributed by atoms with Gasteiger partial charge in [-0.15, -0.1) is 0 Å². The van der Waals surface area contributed by atoms with Crippen molar-refractivity contribution in [3.05, 3.63) is 34.9 Å². The molecule has 0 atom stereocenters. The van der Waals surface area contributed by atoms with Gasteiger partial charge in [-0.1, -0.05) is 12.1 Å². The standard InChI is InChI=1S/C11H7N3/c12-5-3-9-1-2-10(4-6-13)11(7-9)8-14/h1-2,7H,3-4H2. The molecule has 0 radical (unpaired) electrons. The minimum Gasteiger partial charge on any atom is -0.198 e. The van der Waals surface area contributed by atoms with E-state index in [0.717, 1.165) is 11.1 Å². The number of nitrogens with zero attached hydrogens (tertiary/aromatic N) is 3. The molecule has 0 aliphatic heterocycles. The zero-order chi connectivity index (χ0) is 10.4. The second-order valence-electron chi connectivity index (χ2n) is 2.77. The lowest BCUT2D eigenvalue weighted by atomic mass is 10.0. The molecule has 0 spiro atoms. The van der Waals surface area contributed by atoms with Crippen molar-refractivity contribution in [1.82, 2.24) is 0 Å². The quantitative estimate of drug-likeness (QED) is 0.696. The van der Waals surface area contributed by atoms with Gasteiger partial charge in [0.2, 0.25) is 0 Å². The topological polar surface area (TPSA) is 71.4 Å². The lowest BCUT2D eigenvalue weighted by Gasteiger charge is -2.00.